The van der Waals surface area contributed by atoms with Crippen molar-refractivity contribution in [1.29, 1.82) is 0 Å². The van der Waals surface area contributed by atoms with Crippen LogP contribution in [0.3, 0.4) is 0 Å². The molecule has 0 saturated heterocycles. The number of anilines is 1. The van der Waals surface area contributed by atoms with Crippen molar-refractivity contribution < 1.29 is 22.5 Å². The van der Waals surface area contributed by atoms with Crippen LogP contribution in [0, 0.1) is 22.9 Å². The second-order valence-corrected chi connectivity index (χ2v) is 6.82. The first kappa shape index (κ1) is 17.7. The number of nitrogens with zero attached hydrogens (tertiary/aromatic N) is 1. The summed E-state index contributed by atoms with van der Waals surface area (Å²) in [6.07, 6.45) is 0. The summed E-state index contributed by atoms with van der Waals surface area (Å²) in [5, 5.41) is 10.8. The Labute approximate surface area is 138 Å². The monoisotopic (exact) mass is 354 g/mol. The number of nitro groups is 1. The molecule has 0 saturated carbocycles. The maximum Gasteiger partial charge on any atom is 0.271 e. The van der Waals surface area contributed by atoms with E-state index in [1.54, 1.807) is 6.92 Å². The first-order valence-corrected chi connectivity index (χ1v) is 8.56. The first-order valence-electron chi connectivity index (χ1n) is 6.91. The van der Waals surface area contributed by atoms with E-state index in [2.05, 4.69) is 4.72 Å². The van der Waals surface area contributed by atoms with Crippen LogP contribution in [0.4, 0.5) is 15.8 Å². The van der Waals surface area contributed by atoms with E-state index < -0.39 is 20.8 Å². The molecule has 9 heteroatoms. The van der Waals surface area contributed by atoms with Crippen LogP contribution in [-0.2, 0) is 10.0 Å². The summed E-state index contributed by atoms with van der Waals surface area (Å²) in [7, 11) is -3.75. The van der Waals surface area contributed by atoms with E-state index in [1.165, 1.54) is 36.4 Å². The average molecular weight is 354 g/mol. The van der Waals surface area contributed by atoms with Crippen LogP contribution < -0.4 is 9.46 Å². The van der Waals surface area contributed by atoms with E-state index in [0.717, 1.165) is 6.07 Å². The molecule has 2 rings (SSSR count). The number of aryl methyl sites for hydroxylation is 1. The number of rotatable bonds is 7. The van der Waals surface area contributed by atoms with Gasteiger partial charge in [-0.3, -0.25) is 14.8 Å². The zero-order chi connectivity index (χ0) is 17.7. The second-order valence-electron chi connectivity index (χ2n) is 4.98. The third kappa shape index (κ3) is 4.92. The molecule has 24 heavy (non-hydrogen) atoms. The molecule has 0 bridgehead atoms. The quantitative estimate of drug-likeness (QED) is 0.609. The number of hydrogen-bond donors (Lipinski definition) is 1. The molecular formula is C15H15FN2O5S. The fourth-order valence-corrected chi connectivity index (χ4v) is 2.81. The van der Waals surface area contributed by atoms with Crippen LogP contribution >= 0.6 is 0 Å². The lowest BCUT2D eigenvalue weighted by Gasteiger charge is -2.11. The summed E-state index contributed by atoms with van der Waals surface area (Å²) in [5.74, 6) is -0.428. The molecule has 0 heterocycles. The number of non-ortho nitro benzene ring substituents is 1. The summed E-state index contributed by atoms with van der Waals surface area (Å²) in [5.41, 5.74) is 0.496. The number of nitrogens with one attached hydrogen (secondary N) is 1. The van der Waals surface area contributed by atoms with Crippen LogP contribution in [0.15, 0.2) is 42.5 Å². The fourth-order valence-electron chi connectivity index (χ4n) is 1.85. The predicted octanol–water partition coefficient (Wildman–Crippen LogP) is 2.86. The lowest BCUT2D eigenvalue weighted by molar-refractivity contribution is -0.384. The van der Waals surface area contributed by atoms with Crippen molar-refractivity contribution in [3.05, 3.63) is 64.0 Å². The zero-order valence-corrected chi connectivity index (χ0v) is 13.5. The van der Waals surface area contributed by atoms with Crippen LogP contribution in [0.5, 0.6) is 5.75 Å². The molecule has 128 valence electrons. The molecule has 0 spiro atoms. The smallest absolute Gasteiger partial charge is 0.271 e. The summed E-state index contributed by atoms with van der Waals surface area (Å²) < 4.78 is 44.4. The third-order valence-electron chi connectivity index (χ3n) is 3.13. The van der Waals surface area contributed by atoms with Gasteiger partial charge in [0.05, 0.1) is 10.6 Å². The van der Waals surface area contributed by atoms with E-state index in [9.17, 15) is 22.9 Å². The second kappa shape index (κ2) is 7.26. The molecule has 2 aromatic rings. The highest BCUT2D eigenvalue weighted by Gasteiger charge is 2.15. The SMILES string of the molecule is Cc1ccc([N+](=O)[O-])cc1NS(=O)(=O)CCOc1ccc(F)cc1. The summed E-state index contributed by atoms with van der Waals surface area (Å²) >= 11 is 0. The van der Waals surface area contributed by atoms with Crippen molar-refractivity contribution in [3.63, 3.8) is 0 Å². The maximum absolute atomic E-state index is 12.8. The predicted molar refractivity (Wildman–Crippen MR) is 87.1 cm³/mol. The number of hydrogen-bond acceptors (Lipinski definition) is 5. The van der Waals surface area contributed by atoms with Crippen LogP contribution in [0.2, 0.25) is 0 Å². The highest BCUT2D eigenvalue weighted by atomic mass is 32.2. The van der Waals surface area contributed by atoms with Gasteiger partial charge in [0.1, 0.15) is 23.9 Å². The Morgan fingerprint density at radius 3 is 2.50 bits per heavy atom. The van der Waals surface area contributed by atoms with E-state index in [1.807, 2.05) is 0 Å². The lowest BCUT2D eigenvalue weighted by Crippen LogP contribution is -2.21. The van der Waals surface area contributed by atoms with Crippen molar-refractivity contribution >= 4 is 21.4 Å². The average Bonchev–Trinajstić information content (AvgIpc) is 2.51. The molecule has 7 nitrogen and oxygen atoms in total. The van der Waals surface area contributed by atoms with Gasteiger partial charge in [-0.15, -0.1) is 0 Å². The minimum atomic E-state index is -3.75. The Bertz CT molecular complexity index is 837. The van der Waals surface area contributed by atoms with E-state index >= 15 is 0 Å². The van der Waals surface area contributed by atoms with Crippen molar-refractivity contribution in [2.24, 2.45) is 0 Å². The molecule has 0 atom stereocenters. The molecule has 2 aromatic carbocycles. The molecule has 0 aliphatic heterocycles. The largest absolute Gasteiger partial charge is 0.492 e. The van der Waals surface area contributed by atoms with Gasteiger partial charge < -0.3 is 4.74 Å². The van der Waals surface area contributed by atoms with Crippen molar-refractivity contribution in [3.8, 4) is 5.75 Å². The van der Waals surface area contributed by atoms with Crippen LogP contribution in [0.25, 0.3) is 0 Å². The number of halogens is 1. The Morgan fingerprint density at radius 2 is 1.88 bits per heavy atom. The Hall–Kier alpha value is -2.68. The molecule has 0 aliphatic rings. The molecule has 0 fully saturated rings. The highest BCUT2D eigenvalue weighted by Crippen LogP contribution is 2.23. The molecule has 0 aromatic heterocycles. The van der Waals surface area contributed by atoms with Gasteiger partial charge in [0.15, 0.2) is 0 Å². The number of benzene rings is 2. The number of ether oxygens (including phenoxy) is 1. The standard InChI is InChI=1S/C15H15FN2O5S/c1-11-2-5-13(18(19)20)10-15(11)17-24(21,22)9-8-23-14-6-3-12(16)4-7-14/h2-7,10,17H,8-9H2,1H3. The molecule has 0 amide bonds. The summed E-state index contributed by atoms with van der Waals surface area (Å²) in [4.78, 5) is 10.2. The van der Waals surface area contributed by atoms with Crippen molar-refractivity contribution in [2.75, 3.05) is 17.1 Å². The van der Waals surface area contributed by atoms with Gasteiger partial charge in [-0.1, -0.05) is 6.07 Å². The van der Waals surface area contributed by atoms with Crippen molar-refractivity contribution in [2.45, 2.75) is 6.92 Å². The van der Waals surface area contributed by atoms with E-state index in [4.69, 9.17) is 4.74 Å². The Balaban J connectivity index is 1.99. The third-order valence-corrected chi connectivity index (χ3v) is 4.37. The lowest BCUT2D eigenvalue weighted by atomic mass is 10.2. The van der Waals surface area contributed by atoms with Gasteiger partial charge >= 0.3 is 0 Å². The topological polar surface area (TPSA) is 98.5 Å². The van der Waals surface area contributed by atoms with Crippen LogP contribution in [-0.4, -0.2) is 25.7 Å². The maximum atomic E-state index is 12.8. The molecular weight excluding hydrogens is 339 g/mol. The van der Waals surface area contributed by atoms with Gasteiger partial charge in [0, 0.05) is 12.1 Å². The van der Waals surface area contributed by atoms with E-state index in [-0.39, 0.29) is 23.7 Å². The van der Waals surface area contributed by atoms with Gasteiger partial charge in [-0.05, 0) is 36.8 Å². The zero-order valence-electron chi connectivity index (χ0n) is 12.7. The molecule has 0 radical (unpaired) electrons. The normalized spacial score (nSPS) is 11.1. The van der Waals surface area contributed by atoms with Gasteiger partial charge in [-0.2, -0.15) is 0 Å². The Kier molecular flexibility index (Phi) is 5.35. The molecule has 1 N–H and O–H groups in total. The minimum absolute atomic E-state index is 0.144. The minimum Gasteiger partial charge on any atom is -0.492 e. The van der Waals surface area contributed by atoms with E-state index in [0.29, 0.717) is 11.3 Å². The fraction of sp³-hybridized carbons (Fsp3) is 0.200. The van der Waals surface area contributed by atoms with Gasteiger partial charge in [0.25, 0.3) is 5.69 Å². The summed E-state index contributed by atoms with van der Waals surface area (Å²) in [6, 6.07) is 9.10. The Morgan fingerprint density at radius 1 is 1.21 bits per heavy atom. The van der Waals surface area contributed by atoms with Gasteiger partial charge in [0.2, 0.25) is 10.0 Å². The first-order chi connectivity index (χ1) is 11.3. The highest BCUT2D eigenvalue weighted by molar-refractivity contribution is 7.92. The number of nitro benzene ring substituents is 1. The number of sulfonamides is 1. The molecule has 0 aliphatic carbocycles. The van der Waals surface area contributed by atoms with Crippen molar-refractivity contribution in [1.82, 2.24) is 0 Å². The molecule has 0 unspecified atom stereocenters. The van der Waals surface area contributed by atoms with Gasteiger partial charge in [-0.25, -0.2) is 12.8 Å². The van der Waals surface area contributed by atoms with Crippen LogP contribution in [0.1, 0.15) is 5.56 Å². The summed E-state index contributed by atoms with van der Waals surface area (Å²) in [6.45, 7) is 1.49.